The Bertz CT molecular complexity index is 741. The fourth-order valence-electron chi connectivity index (χ4n) is 2.18. The number of aromatic nitrogens is 1. The molecule has 0 fully saturated rings. The van der Waals surface area contributed by atoms with Gasteiger partial charge < -0.3 is 5.32 Å². The summed E-state index contributed by atoms with van der Waals surface area (Å²) in [7, 11) is -2.01. The lowest BCUT2D eigenvalue weighted by atomic mass is 10.1. The highest BCUT2D eigenvalue weighted by Crippen LogP contribution is 2.24. The number of rotatable bonds is 6. The van der Waals surface area contributed by atoms with Crippen LogP contribution in [-0.2, 0) is 10.0 Å². The van der Waals surface area contributed by atoms with Gasteiger partial charge in [-0.05, 0) is 45.5 Å². The molecule has 0 aliphatic heterocycles. The third kappa shape index (κ3) is 3.92. The van der Waals surface area contributed by atoms with E-state index in [0.717, 1.165) is 10.6 Å². The molecule has 0 aliphatic carbocycles. The maximum atomic E-state index is 11.9. The van der Waals surface area contributed by atoms with E-state index in [4.69, 9.17) is 0 Å². The van der Waals surface area contributed by atoms with Gasteiger partial charge in [-0.1, -0.05) is 12.1 Å². The molecule has 5 nitrogen and oxygen atoms in total. The second-order valence-corrected chi connectivity index (χ2v) is 8.35. The lowest BCUT2D eigenvalue weighted by Crippen LogP contribution is -2.23. The molecule has 0 spiro atoms. The summed E-state index contributed by atoms with van der Waals surface area (Å²) in [6, 6.07) is 7.10. The van der Waals surface area contributed by atoms with Crippen molar-refractivity contribution in [2.45, 2.75) is 37.8 Å². The van der Waals surface area contributed by atoms with Gasteiger partial charge in [-0.2, -0.15) is 0 Å². The van der Waals surface area contributed by atoms with Gasteiger partial charge >= 0.3 is 0 Å². The number of thiazole rings is 1. The van der Waals surface area contributed by atoms with Gasteiger partial charge in [0.15, 0.2) is 0 Å². The standard InChI is InChI=1S/C15H21N3O2S2/c1-10-9-17-15(21-10)12(3)18-11(2)13-6-5-7-14(8-13)22(19,20)16-4/h5-9,11-12,16,18H,1-4H3/t11-,12+/m0/s1. The van der Waals surface area contributed by atoms with Crippen molar-refractivity contribution in [3.8, 4) is 0 Å². The van der Waals surface area contributed by atoms with Crippen LogP contribution in [0.15, 0.2) is 35.4 Å². The summed E-state index contributed by atoms with van der Waals surface area (Å²) >= 11 is 1.66. The number of nitrogens with one attached hydrogen (secondary N) is 2. The van der Waals surface area contributed by atoms with Crippen LogP contribution in [0.5, 0.6) is 0 Å². The number of hydrogen-bond donors (Lipinski definition) is 2. The Labute approximate surface area is 135 Å². The molecule has 0 amide bonds. The zero-order chi connectivity index (χ0) is 16.3. The molecule has 120 valence electrons. The molecule has 0 radical (unpaired) electrons. The zero-order valence-electron chi connectivity index (χ0n) is 13.1. The predicted octanol–water partition coefficient (Wildman–Crippen LogP) is 2.77. The topological polar surface area (TPSA) is 71.1 Å². The average molecular weight is 339 g/mol. The maximum absolute atomic E-state index is 11.9. The van der Waals surface area contributed by atoms with Gasteiger partial charge in [0.05, 0.1) is 10.9 Å². The fraction of sp³-hybridized carbons (Fsp3) is 0.400. The normalized spacial score (nSPS) is 14.7. The number of benzene rings is 1. The van der Waals surface area contributed by atoms with Crippen molar-refractivity contribution in [1.29, 1.82) is 0 Å². The molecule has 2 rings (SSSR count). The zero-order valence-corrected chi connectivity index (χ0v) is 14.8. The number of aryl methyl sites for hydroxylation is 1. The van der Waals surface area contributed by atoms with Crippen LogP contribution in [0.1, 0.15) is 41.4 Å². The van der Waals surface area contributed by atoms with Crippen LogP contribution in [0.2, 0.25) is 0 Å². The summed E-state index contributed by atoms with van der Waals surface area (Å²) in [5.74, 6) is 0. The monoisotopic (exact) mass is 339 g/mol. The lowest BCUT2D eigenvalue weighted by molar-refractivity contribution is 0.492. The molecular formula is C15H21N3O2S2. The van der Waals surface area contributed by atoms with Crippen LogP contribution >= 0.6 is 11.3 Å². The molecule has 1 aromatic carbocycles. The Morgan fingerprint density at radius 1 is 1.23 bits per heavy atom. The highest BCUT2D eigenvalue weighted by atomic mass is 32.2. The first-order valence-electron chi connectivity index (χ1n) is 7.05. The molecular weight excluding hydrogens is 318 g/mol. The molecule has 1 heterocycles. The van der Waals surface area contributed by atoms with E-state index in [1.807, 2.05) is 26.1 Å². The van der Waals surface area contributed by atoms with Gasteiger partial charge in [-0.3, -0.25) is 0 Å². The third-order valence-corrected chi connectivity index (χ3v) is 5.95. The second-order valence-electron chi connectivity index (χ2n) is 5.20. The number of hydrogen-bond acceptors (Lipinski definition) is 5. The Morgan fingerprint density at radius 3 is 2.55 bits per heavy atom. The molecule has 22 heavy (non-hydrogen) atoms. The van der Waals surface area contributed by atoms with E-state index in [0.29, 0.717) is 0 Å². The molecule has 2 N–H and O–H groups in total. The van der Waals surface area contributed by atoms with E-state index in [-0.39, 0.29) is 17.0 Å². The Kier molecular flexibility index (Phi) is 5.33. The van der Waals surface area contributed by atoms with E-state index in [9.17, 15) is 8.42 Å². The van der Waals surface area contributed by atoms with Crippen molar-refractivity contribution in [2.75, 3.05) is 7.05 Å². The van der Waals surface area contributed by atoms with Gasteiger partial charge in [-0.25, -0.2) is 18.1 Å². The fourth-order valence-corrected chi connectivity index (χ4v) is 3.75. The van der Waals surface area contributed by atoms with Gasteiger partial charge in [0, 0.05) is 17.1 Å². The van der Waals surface area contributed by atoms with E-state index in [1.54, 1.807) is 29.5 Å². The summed E-state index contributed by atoms with van der Waals surface area (Å²) in [5.41, 5.74) is 0.927. The molecule has 2 aromatic rings. The predicted molar refractivity (Wildman–Crippen MR) is 89.5 cm³/mol. The van der Waals surface area contributed by atoms with Crippen molar-refractivity contribution < 1.29 is 8.42 Å². The van der Waals surface area contributed by atoms with Crippen molar-refractivity contribution in [1.82, 2.24) is 15.0 Å². The molecule has 0 aliphatic rings. The molecule has 7 heteroatoms. The molecule has 0 saturated carbocycles. The van der Waals surface area contributed by atoms with Crippen molar-refractivity contribution in [3.05, 3.63) is 45.9 Å². The minimum Gasteiger partial charge on any atom is -0.302 e. The summed E-state index contributed by atoms with van der Waals surface area (Å²) in [4.78, 5) is 5.84. The molecule has 0 saturated heterocycles. The highest BCUT2D eigenvalue weighted by Gasteiger charge is 2.16. The Balaban J connectivity index is 2.16. The van der Waals surface area contributed by atoms with Crippen LogP contribution in [0, 0.1) is 6.92 Å². The largest absolute Gasteiger partial charge is 0.302 e. The molecule has 0 bridgehead atoms. The first kappa shape index (κ1) is 17.1. The van der Waals surface area contributed by atoms with E-state index >= 15 is 0 Å². The van der Waals surface area contributed by atoms with Crippen molar-refractivity contribution >= 4 is 21.4 Å². The Hall–Kier alpha value is -1.28. The first-order valence-corrected chi connectivity index (χ1v) is 9.35. The minimum absolute atomic E-state index is 0.0196. The van der Waals surface area contributed by atoms with Gasteiger partial charge in [0.25, 0.3) is 0 Å². The van der Waals surface area contributed by atoms with Crippen LogP contribution in [-0.4, -0.2) is 20.4 Å². The van der Waals surface area contributed by atoms with E-state index in [2.05, 4.69) is 21.9 Å². The van der Waals surface area contributed by atoms with E-state index in [1.165, 1.54) is 11.9 Å². The second kappa shape index (κ2) is 6.87. The number of nitrogens with zero attached hydrogens (tertiary/aromatic N) is 1. The van der Waals surface area contributed by atoms with Gasteiger partial charge in [0.1, 0.15) is 5.01 Å². The molecule has 1 aromatic heterocycles. The van der Waals surface area contributed by atoms with Crippen LogP contribution in [0.25, 0.3) is 0 Å². The Morgan fingerprint density at radius 2 is 1.95 bits per heavy atom. The number of sulfonamides is 1. The summed E-state index contributed by atoms with van der Waals surface area (Å²) < 4.78 is 26.1. The summed E-state index contributed by atoms with van der Waals surface area (Å²) in [5, 5.41) is 4.49. The van der Waals surface area contributed by atoms with Gasteiger partial charge in [0.2, 0.25) is 10.0 Å². The van der Waals surface area contributed by atoms with Crippen LogP contribution < -0.4 is 10.0 Å². The lowest BCUT2D eigenvalue weighted by Gasteiger charge is -2.19. The quantitative estimate of drug-likeness (QED) is 0.849. The molecule has 0 unspecified atom stereocenters. The smallest absolute Gasteiger partial charge is 0.240 e. The first-order chi connectivity index (χ1) is 10.3. The third-order valence-electron chi connectivity index (χ3n) is 3.45. The highest BCUT2D eigenvalue weighted by molar-refractivity contribution is 7.89. The van der Waals surface area contributed by atoms with Crippen molar-refractivity contribution in [2.24, 2.45) is 0 Å². The van der Waals surface area contributed by atoms with Crippen LogP contribution in [0.4, 0.5) is 0 Å². The van der Waals surface area contributed by atoms with Crippen molar-refractivity contribution in [3.63, 3.8) is 0 Å². The maximum Gasteiger partial charge on any atom is 0.240 e. The summed E-state index contributed by atoms with van der Waals surface area (Å²) in [6.45, 7) is 6.11. The van der Waals surface area contributed by atoms with E-state index < -0.39 is 10.0 Å². The SMILES string of the molecule is CNS(=O)(=O)c1cccc([C@H](C)N[C@H](C)c2ncc(C)s2)c1. The average Bonchev–Trinajstić information content (AvgIpc) is 2.94. The summed E-state index contributed by atoms with van der Waals surface area (Å²) in [6.07, 6.45) is 1.86. The minimum atomic E-state index is -3.42. The van der Waals surface area contributed by atoms with Gasteiger partial charge in [-0.15, -0.1) is 11.3 Å². The molecule has 2 atom stereocenters. The van der Waals surface area contributed by atoms with Crippen LogP contribution in [0.3, 0.4) is 0 Å².